The zero-order chi connectivity index (χ0) is 7.40. The van der Waals surface area contributed by atoms with Crippen molar-refractivity contribution in [2.75, 3.05) is 0 Å². The summed E-state index contributed by atoms with van der Waals surface area (Å²) in [6, 6.07) is 3.18. The molecule has 50 valence electrons. The molecule has 0 aromatic carbocycles. The van der Waals surface area contributed by atoms with Gasteiger partial charge in [0, 0.05) is 11.9 Å². The predicted molar refractivity (Wildman–Crippen MR) is 32.9 cm³/mol. The Labute approximate surface area is 57.5 Å². The van der Waals surface area contributed by atoms with E-state index in [0.29, 0.717) is 5.69 Å². The van der Waals surface area contributed by atoms with Crippen molar-refractivity contribution in [3.05, 3.63) is 18.0 Å². The van der Waals surface area contributed by atoms with Crippen LogP contribution in [0.4, 0.5) is 0 Å². The van der Waals surface area contributed by atoms with Gasteiger partial charge >= 0.3 is 0 Å². The standard InChI is InChI=1S/C6H5N3O/c7-4-6(10)3-5-1-2-8-9-5/h1-2H,3H2,(H,8,9). The Bertz CT molecular complexity index is 257. The molecule has 0 fully saturated rings. The second-order valence-corrected chi connectivity index (χ2v) is 1.79. The second-order valence-electron chi connectivity index (χ2n) is 1.79. The zero-order valence-electron chi connectivity index (χ0n) is 5.16. The summed E-state index contributed by atoms with van der Waals surface area (Å²) in [5.74, 6) is -0.454. The van der Waals surface area contributed by atoms with Crippen LogP contribution in [0.1, 0.15) is 5.69 Å². The monoisotopic (exact) mass is 135 g/mol. The van der Waals surface area contributed by atoms with Crippen LogP contribution in [0.15, 0.2) is 12.3 Å². The molecule has 0 unspecified atom stereocenters. The number of Topliss-reactive ketones (excluding diaryl/α,β-unsaturated/α-hetero) is 1. The summed E-state index contributed by atoms with van der Waals surface area (Å²) in [6.45, 7) is 0. The molecule has 1 aromatic heterocycles. The molecule has 1 heterocycles. The number of hydrogen-bond acceptors (Lipinski definition) is 3. The third-order valence-corrected chi connectivity index (χ3v) is 1.03. The molecule has 0 saturated heterocycles. The molecule has 0 spiro atoms. The summed E-state index contributed by atoms with van der Waals surface area (Å²) in [7, 11) is 0. The van der Waals surface area contributed by atoms with Crippen LogP contribution in [0.2, 0.25) is 0 Å². The van der Waals surface area contributed by atoms with Gasteiger partial charge in [0.05, 0.1) is 6.42 Å². The minimum Gasteiger partial charge on any atom is -0.282 e. The maximum absolute atomic E-state index is 10.5. The van der Waals surface area contributed by atoms with Gasteiger partial charge in [0.15, 0.2) is 0 Å². The number of aromatic amines is 1. The van der Waals surface area contributed by atoms with Gasteiger partial charge in [-0.25, -0.2) is 0 Å². The van der Waals surface area contributed by atoms with E-state index < -0.39 is 5.78 Å². The Balaban J connectivity index is 2.59. The van der Waals surface area contributed by atoms with E-state index in [2.05, 4.69) is 10.2 Å². The fourth-order valence-corrected chi connectivity index (χ4v) is 0.596. The highest BCUT2D eigenvalue weighted by molar-refractivity contribution is 5.94. The van der Waals surface area contributed by atoms with E-state index in [4.69, 9.17) is 5.26 Å². The smallest absolute Gasteiger partial charge is 0.237 e. The predicted octanol–water partition coefficient (Wildman–Crippen LogP) is 0.0449. The van der Waals surface area contributed by atoms with Gasteiger partial charge in [-0.05, 0) is 6.07 Å². The zero-order valence-corrected chi connectivity index (χ0v) is 5.16. The number of nitrogens with one attached hydrogen (secondary N) is 1. The van der Waals surface area contributed by atoms with Gasteiger partial charge in [-0.15, -0.1) is 0 Å². The maximum Gasteiger partial charge on any atom is 0.237 e. The summed E-state index contributed by atoms with van der Waals surface area (Å²) in [5, 5.41) is 14.3. The molecular formula is C6H5N3O. The minimum atomic E-state index is -0.454. The van der Waals surface area contributed by atoms with E-state index in [1.807, 2.05) is 0 Å². The first kappa shape index (κ1) is 6.49. The van der Waals surface area contributed by atoms with Crippen molar-refractivity contribution in [1.29, 1.82) is 5.26 Å². The van der Waals surface area contributed by atoms with Gasteiger partial charge in [-0.1, -0.05) is 0 Å². The Morgan fingerprint density at radius 2 is 2.70 bits per heavy atom. The van der Waals surface area contributed by atoms with E-state index in [9.17, 15) is 4.79 Å². The molecule has 0 aliphatic heterocycles. The van der Waals surface area contributed by atoms with Crippen molar-refractivity contribution in [3.8, 4) is 6.07 Å². The minimum absolute atomic E-state index is 0.122. The van der Waals surface area contributed by atoms with Crippen LogP contribution in [-0.4, -0.2) is 16.0 Å². The van der Waals surface area contributed by atoms with Crippen molar-refractivity contribution in [2.24, 2.45) is 0 Å². The summed E-state index contributed by atoms with van der Waals surface area (Å²) < 4.78 is 0. The molecule has 1 rings (SSSR count). The number of nitrogens with zero attached hydrogens (tertiary/aromatic N) is 2. The van der Waals surface area contributed by atoms with Crippen molar-refractivity contribution in [2.45, 2.75) is 6.42 Å². The number of H-pyrrole nitrogens is 1. The third-order valence-electron chi connectivity index (χ3n) is 1.03. The number of carbonyl (C=O) groups is 1. The molecule has 10 heavy (non-hydrogen) atoms. The van der Waals surface area contributed by atoms with Crippen molar-refractivity contribution in [3.63, 3.8) is 0 Å². The van der Waals surface area contributed by atoms with Crippen LogP contribution in [0.25, 0.3) is 0 Å². The second kappa shape index (κ2) is 2.78. The van der Waals surface area contributed by atoms with E-state index in [-0.39, 0.29) is 6.42 Å². The lowest BCUT2D eigenvalue weighted by atomic mass is 10.2. The van der Waals surface area contributed by atoms with Gasteiger partial charge in [-0.2, -0.15) is 10.4 Å². The summed E-state index contributed by atoms with van der Waals surface area (Å²) in [5.41, 5.74) is 0.673. The maximum atomic E-state index is 10.5. The molecule has 0 aliphatic rings. The van der Waals surface area contributed by atoms with Gasteiger partial charge < -0.3 is 0 Å². The van der Waals surface area contributed by atoms with Gasteiger partial charge in [-0.3, -0.25) is 9.89 Å². The van der Waals surface area contributed by atoms with Crippen LogP contribution < -0.4 is 0 Å². The largest absolute Gasteiger partial charge is 0.282 e. The molecule has 4 heteroatoms. The highest BCUT2D eigenvalue weighted by Gasteiger charge is 2.00. The average molecular weight is 135 g/mol. The number of nitriles is 1. The first-order valence-corrected chi connectivity index (χ1v) is 2.74. The quantitative estimate of drug-likeness (QED) is 0.582. The summed E-state index contributed by atoms with van der Waals surface area (Å²) in [6.07, 6.45) is 1.66. The Hall–Kier alpha value is -1.63. The summed E-state index contributed by atoms with van der Waals surface area (Å²) >= 11 is 0. The highest BCUT2D eigenvalue weighted by atomic mass is 16.1. The van der Waals surface area contributed by atoms with Gasteiger partial charge in [0.2, 0.25) is 5.78 Å². The van der Waals surface area contributed by atoms with Crippen LogP contribution in [0, 0.1) is 11.3 Å². The molecule has 0 amide bonds. The number of rotatable bonds is 2. The SMILES string of the molecule is N#CC(=O)Cc1ccn[nH]1. The molecule has 1 N–H and O–H groups in total. The number of aromatic nitrogens is 2. The topological polar surface area (TPSA) is 69.5 Å². The molecule has 4 nitrogen and oxygen atoms in total. The lowest BCUT2D eigenvalue weighted by molar-refractivity contribution is -0.113. The number of carbonyl (C=O) groups excluding carboxylic acids is 1. The molecule has 1 aromatic rings. The summed E-state index contributed by atoms with van der Waals surface area (Å²) in [4.78, 5) is 10.5. The van der Waals surface area contributed by atoms with Crippen molar-refractivity contribution in [1.82, 2.24) is 10.2 Å². The lowest BCUT2D eigenvalue weighted by Gasteiger charge is -1.84. The fraction of sp³-hybridized carbons (Fsp3) is 0.167. The van der Waals surface area contributed by atoms with E-state index in [1.165, 1.54) is 6.07 Å². The number of ketones is 1. The van der Waals surface area contributed by atoms with Crippen molar-refractivity contribution >= 4 is 5.78 Å². The van der Waals surface area contributed by atoms with Gasteiger partial charge in [0.1, 0.15) is 6.07 Å². The number of hydrogen-bond donors (Lipinski definition) is 1. The highest BCUT2D eigenvalue weighted by Crippen LogP contribution is 1.92. The lowest BCUT2D eigenvalue weighted by Crippen LogP contribution is -1.98. The normalized spacial score (nSPS) is 8.70. The van der Waals surface area contributed by atoms with E-state index >= 15 is 0 Å². The Morgan fingerprint density at radius 1 is 1.90 bits per heavy atom. The fourth-order valence-electron chi connectivity index (χ4n) is 0.596. The third kappa shape index (κ3) is 1.42. The molecule has 0 bridgehead atoms. The molecule has 0 radical (unpaired) electrons. The Kier molecular flexibility index (Phi) is 1.80. The van der Waals surface area contributed by atoms with E-state index in [0.717, 1.165) is 0 Å². The molecule has 0 atom stereocenters. The molecular weight excluding hydrogens is 130 g/mol. The van der Waals surface area contributed by atoms with Crippen LogP contribution in [0.5, 0.6) is 0 Å². The Morgan fingerprint density at radius 3 is 3.20 bits per heavy atom. The van der Waals surface area contributed by atoms with Gasteiger partial charge in [0.25, 0.3) is 0 Å². The molecule has 0 saturated carbocycles. The first-order chi connectivity index (χ1) is 4.83. The van der Waals surface area contributed by atoms with Crippen molar-refractivity contribution < 1.29 is 4.79 Å². The average Bonchev–Trinajstić information content (AvgIpc) is 2.40. The van der Waals surface area contributed by atoms with Crippen LogP contribution in [0.3, 0.4) is 0 Å². The van der Waals surface area contributed by atoms with Crippen LogP contribution >= 0.6 is 0 Å². The molecule has 0 aliphatic carbocycles. The van der Waals surface area contributed by atoms with E-state index in [1.54, 1.807) is 12.3 Å². The first-order valence-electron chi connectivity index (χ1n) is 2.74. The van der Waals surface area contributed by atoms with Crippen LogP contribution in [-0.2, 0) is 11.2 Å².